The maximum absolute atomic E-state index is 13.4. The van der Waals surface area contributed by atoms with E-state index < -0.39 is 21.8 Å². The first-order valence-electron chi connectivity index (χ1n) is 6.14. The summed E-state index contributed by atoms with van der Waals surface area (Å²) in [6, 6.07) is 8.48. The molecule has 1 atom stereocenters. The highest BCUT2D eigenvalue weighted by Gasteiger charge is 2.17. The SMILES string of the molecule is Cc1cc(C(O)c2ccc(S(C)(=O)=O)cc2)c(Cl)cc1F. The topological polar surface area (TPSA) is 54.4 Å². The van der Waals surface area contributed by atoms with Gasteiger partial charge in [0.05, 0.1) is 4.90 Å². The number of aliphatic hydroxyl groups is 1. The summed E-state index contributed by atoms with van der Waals surface area (Å²) in [7, 11) is -3.29. The molecule has 0 aliphatic carbocycles. The normalized spacial score (nSPS) is 13.2. The van der Waals surface area contributed by atoms with Gasteiger partial charge in [-0.1, -0.05) is 23.7 Å². The predicted octanol–water partition coefficient (Wildman–Crippen LogP) is 3.27. The molecule has 0 spiro atoms. The number of halogens is 2. The van der Waals surface area contributed by atoms with Crippen LogP contribution in [0.2, 0.25) is 5.02 Å². The van der Waals surface area contributed by atoms with Gasteiger partial charge in [0.15, 0.2) is 9.84 Å². The Bertz CT molecular complexity index is 770. The maximum Gasteiger partial charge on any atom is 0.175 e. The summed E-state index contributed by atoms with van der Waals surface area (Å²) < 4.78 is 36.2. The number of aliphatic hydroxyl groups excluding tert-OH is 1. The van der Waals surface area contributed by atoms with E-state index in [0.29, 0.717) is 16.7 Å². The van der Waals surface area contributed by atoms with Crippen molar-refractivity contribution in [2.75, 3.05) is 6.26 Å². The Morgan fingerprint density at radius 1 is 1.19 bits per heavy atom. The fraction of sp³-hybridized carbons (Fsp3) is 0.200. The van der Waals surface area contributed by atoms with E-state index in [2.05, 4.69) is 0 Å². The van der Waals surface area contributed by atoms with E-state index in [1.54, 1.807) is 6.92 Å². The molecule has 0 heterocycles. The summed E-state index contributed by atoms with van der Waals surface area (Å²) >= 11 is 5.95. The predicted molar refractivity (Wildman–Crippen MR) is 79.8 cm³/mol. The van der Waals surface area contributed by atoms with Crippen molar-refractivity contribution >= 4 is 21.4 Å². The monoisotopic (exact) mass is 328 g/mol. The lowest BCUT2D eigenvalue weighted by atomic mass is 10.00. The van der Waals surface area contributed by atoms with Gasteiger partial charge in [0.1, 0.15) is 11.9 Å². The molecule has 21 heavy (non-hydrogen) atoms. The van der Waals surface area contributed by atoms with Crippen LogP contribution in [0.5, 0.6) is 0 Å². The number of hydrogen-bond donors (Lipinski definition) is 1. The second-order valence-corrected chi connectivity index (χ2v) is 7.29. The lowest BCUT2D eigenvalue weighted by Crippen LogP contribution is -2.03. The summed E-state index contributed by atoms with van der Waals surface area (Å²) in [4.78, 5) is 0.167. The molecule has 3 nitrogen and oxygen atoms in total. The average Bonchev–Trinajstić information content (AvgIpc) is 2.41. The summed E-state index contributed by atoms with van der Waals surface area (Å²) in [6.45, 7) is 1.58. The lowest BCUT2D eigenvalue weighted by Gasteiger charge is -2.15. The zero-order chi connectivity index (χ0) is 15.8. The van der Waals surface area contributed by atoms with E-state index in [4.69, 9.17) is 11.6 Å². The minimum Gasteiger partial charge on any atom is -0.384 e. The third kappa shape index (κ3) is 3.43. The lowest BCUT2D eigenvalue weighted by molar-refractivity contribution is 0.220. The molecule has 0 aliphatic heterocycles. The van der Waals surface area contributed by atoms with E-state index in [9.17, 15) is 17.9 Å². The van der Waals surface area contributed by atoms with E-state index in [1.807, 2.05) is 0 Å². The van der Waals surface area contributed by atoms with Gasteiger partial charge in [-0.2, -0.15) is 0 Å². The van der Waals surface area contributed by atoms with Crippen LogP contribution in [0, 0.1) is 12.7 Å². The molecule has 0 bridgehead atoms. The molecule has 2 aromatic rings. The van der Waals surface area contributed by atoms with E-state index >= 15 is 0 Å². The van der Waals surface area contributed by atoms with Crippen LogP contribution in [0.1, 0.15) is 22.8 Å². The molecule has 6 heteroatoms. The third-order valence-corrected chi connectivity index (χ3v) is 4.65. The smallest absolute Gasteiger partial charge is 0.175 e. The second-order valence-electron chi connectivity index (χ2n) is 4.87. The first kappa shape index (κ1) is 15.9. The van der Waals surface area contributed by atoms with Gasteiger partial charge in [0, 0.05) is 16.8 Å². The minimum atomic E-state index is -3.29. The van der Waals surface area contributed by atoms with Gasteiger partial charge in [0.25, 0.3) is 0 Å². The third-order valence-electron chi connectivity index (χ3n) is 3.20. The zero-order valence-corrected chi connectivity index (χ0v) is 13.0. The highest BCUT2D eigenvalue weighted by molar-refractivity contribution is 7.90. The Labute approximate surface area is 127 Å². The molecule has 1 N–H and O–H groups in total. The summed E-state index contributed by atoms with van der Waals surface area (Å²) in [6.07, 6.45) is 0.0592. The van der Waals surface area contributed by atoms with Gasteiger partial charge in [-0.15, -0.1) is 0 Å². The van der Waals surface area contributed by atoms with E-state index in [-0.39, 0.29) is 9.92 Å². The molecule has 2 rings (SSSR count). The molecule has 0 saturated carbocycles. The van der Waals surface area contributed by atoms with Crippen molar-refractivity contribution in [2.24, 2.45) is 0 Å². The average molecular weight is 329 g/mol. The van der Waals surface area contributed by atoms with Gasteiger partial charge in [0.2, 0.25) is 0 Å². The van der Waals surface area contributed by atoms with Crippen LogP contribution in [-0.4, -0.2) is 19.8 Å². The molecule has 0 amide bonds. The van der Waals surface area contributed by atoms with Crippen molar-refractivity contribution in [3.8, 4) is 0 Å². The largest absolute Gasteiger partial charge is 0.384 e. The number of benzene rings is 2. The van der Waals surface area contributed by atoms with Crippen molar-refractivity contribution in [2.45, 2.75) is 17.9 Å². The molecule has 0 fully saturated rings. The van der Waals surface area contributed by atoms with E-state index in [0.717, 1.165) is 12.3 Å². The molecular weight excluding hydrogens is 315 g/mol. The standard InChI is InChI=1S/C15H14ClFO3S/c1-9-7-12(13(16)8-14(9)17)15(18)10-3-5-11(6-4-10)21(2,19)20/h3-8,15,18H,1-2H3. The zero-order valence-electron chi connectivity index (χ0n) is 11.5. The van der Waals surface area contributed by atoms with Crippen LogP contribution in [0.4, 0.5) is 4.39 Å². The van der Waals surface area contributed by atoms with Gasteiger partial charge >= 0.3 is 0 Å². The Hall–Kier alpha value is -1.43. The second kappa shape index (κ2) is 5.75. The first-order chi connectivity index (χ1) is 9.70. The van der Waals surface area contributed by atoms with Crippen molar-refractivity contribution in [3.63, 3.8) is 0 Å². The van der Waals surface area contributed by atoms with Crippen LogP contribution >= 0.6 is 11.6 Å². The first-order valence-corrected chi connectivity index (χ1v) is 8.40. The van der Waals surface area contributed by atoms with Crippen LogP contribution in [-0.2, 0) is 9.84 Å². The molecular formula is C15H14ClFO3S. The highest BCUT2D eigenvalue weighted by Crippen LogP contribution is 2.30. The number of hydrogen-bond acceptors (Lipinski definition) is 3. The Morgan fingerprint density at radius 3 is 2.29 bits per heavy atom. The van der Waals surface area contributed by atoms with Crippen molar-refractivity contribution in [1.29, 1.82) is 0 Å². The molecule has 0 saturated heterocycles. The molecule has 2 aromatic carbocycles. The molecule has 0 radical (unpaired) electrons. The summed E-state index contributed by atoms with van der Waals surface area (Å²) in [5.74, 6) is -0.441. The maximum atomic E-state index is 13.4. The van der Waals surface area contributed by atoms with Gasteiger partial charge in [-0.25, -0.2) is 12.8 Å². The summed E-state index contributed by atoms with van der Waals surface area (Å²) in [5, 5.41) is 10.4. The molecule has 112 valence electrons. The van der Waals surface area contributed by atoms with Crippen LogP contribution < -0.4 is 0 Å². The van der Waals surface area contributed by atoms with Crippen molar-refractivity contribution in [3.05, 3.63) is 63.9 Å². The number of aryl methyl sites for hydroxylation is 1. The van der Waals surface area contributed by atoms with Gasteiger partial charge in [-0.05, 0) is 42.3 Å². The Kier molecular flexibility index (Phi) is 4.37. The van der Waals surface area contributed by atoms with Crippen molar-refractivity contribution in [1.82, 2.24) is 0 Å². The summed E-state index contributed by atoms with van der Waals surface area (Å²) in [5.41, 5.74) is 1.24. The highest BCUT2D eigenvalue weighted by atomic mass is 35.5. The van der Waals surface area contributed by atoms with Gasteiger partial charge in [-0.3, -0.25) is 0 Å². The Balaban J connectivity index is 2.41. The molecule has 0 aromatic heterocycles. The fourth-order valence-electron chi connectivity index (χ4n) is 1.97. The quantitative estimate of drug-likeness (QED) is 0.940. The number of rotatable bonds is 3. The minimum absolute atomic E-state index is 0.123. The molecule has 1 unspecified atom stereocenters. The van der Waals surface area contributed by atoms with Crippen LogP contribution in [0.25, 0.3) is 0 Å². The molecule has 0 aliphatic rings. The van der Waals surface area contributed by atoms with Crippen LogP contribution in [0.3, 0.4) is 0 Å². The van der Waals surface area contributed by atoms with Gasteiger partial charge < -0.3 is 5.11 Å². The Morgan fingerprint density at radius 2 is 1.76 bits per heavy atom. The van der Waals surface area contributed by atoms with Crippen LogP contribution in [0.15, 0.2) is 41.3 Å². The van der Waals surface area contributed by atoms with Crippen molar-refractivity contribution < 1.29 is 17.9 Å². The number of sulfone groups is 1. The van der Waals surface area contributed by atoms with E-state index in [1.165, 1.54) is 30.3 Å². The fourth-order valence-corrected chi connectivity index (χ4v) is 2.85.